The van der Waals surface area contributed by atoms with E-state index in [1.807, 2.05) is 13.0 Å². The Labute approximate surface area is 172 Å². The molecule has 3 N–H and O–H groups in total. The molecule has 4 aliphatic carbocycles. The van der Waals surface area contributed by atoms with Crippen molar-refractivity contribution >= 4 is 11.8 Å². The molecule has 5 heteroatoms. The normalized spacial score (nSPS) is 47.3. The lowest BCUT2D eigenvalue weighted by molar-refractivity contribution is -0.157. The SMILES string of the molecule is C[C@H](/C=C/C(=O)O)[C@H]1CC[C@H]2[C@@H]3[C@H](O)CC4=CC(=O)C=C[C@]4(C)[C@H]3C[C@H](O)[C@]12C. The van der Waals surface area contributed by atoms with Gasteiger partial charge in [0.05, 0.1) is 12.2 Å². The van der Waals surface area contributed by atoms with Crippen molar-refractivity contribution in [3.8, 4) is 0 Å². The Morgan fingerprint density at radius 1 is 1.24 bits per heavy atom. The standard InChI is InChI=1S/C24H32O5/c1-13(4-7-21(28)29)16-5-6-17-22-18(12-20(27)24(16,17)3)23(2)9-8-15(25)10-14(23)11-19(22)26/h4,7-10,13,16-20,22,26-27H,5-6,11-12H2,1-3H3,(H,28,29)/b7-4+/t13-,16-,17+,18+,19-,20+,22+,23+,24-/m1/s1. The van der Waals surface area contributed by atoms with Gasteiger partial charge in [0.25, 0.3) is 0 Å². The Hall–Kier alpha value is -1.72. The summed E-state index contributed by atoms with van der Waals surface area (Å²) in [5.41, 5.74) is 0.338. The molecular formula is C24H32O5. The monoisotopic (exact) mass is 400 g/mol. The Balaban J connectivity index is 1.69. The summed E-state index contributed by atoms with van der Waals surface area (Å²) >= 11 is 0. The lowest BCUT2D eigenvalue weighted by Gasteiger charge is -2.60. The first kappa shape index (κ1) is 20.5. The van der Waals surface area contributed by atoms with Crippen molar-refractivity contribution in [1.82, 2.24) is 0 Å². The predicted molar refractivity (Wildman–Crippen MR) is 109 cm³/mol. The highest BCUT2D eigenvalue weighted by molar-refractivity contribution is 6.01. The van der Waals surface area contributed by atoms with Crippen LogP contribution in [0.1, 0.15) is 46.5 Å². The van der Waals surface area contributed by atoms with E-state index >= 15 is 0 Å². The molecule has 3 fully saturated rings. The lowest BCUT2D eigenvalue weighted by atomic mass is 9.46. The van der Waals surface area contributed by atoms with Crippen molar-refractivity contribution in [3.63, 3.8) is 0 Å². The molecule has 0 aromatic heterocycles. The summed E-state index contributed by atoms with van der Waals surface area (Å²) in [6, 6.07) is 0. The number of carbonyl (C=O) groups excluding carboxylic acids is 1. The van der Waals surface area contributed by atoms with Crippen LogP contribution in [0, 0.1) is 40.4 Å². The van der Waals surface area contributed by atoms with E-state index in [9.17, 15) is 19.8 Å². The largest absolute Gasteiger partial charge is 0.478 e. The summed E-state index contributed by atoms with van der Waals surface area (Å²) in [6.07, 6.45) is 10.2. The minimum Gasteiger partial charge on any atom is -0.478 e. The van der Waals surface area contributed by atoms with E-state index in [-0.39, 0.29) is 46.2 Å². The summed E-state index contributed by atoms with van der Waals surface area (Å²) in [5.74, 6) is -0.395. The van der Waals surface area contributed by atoms with E-state index in [0.717, 1.165) is 18.4 Å². The number of carboxylic acid groups (broad SMARTS) is 1. The topological polar surface area (TPSA) is 94.8 Å². The molecule has 0 heterocycles. The molecule has 0 saturated heterocycles. The Morgan fingerprint density at radius 3 is 2.66 bits per heavy atom. The molecular weight excluding hydrogens is 368 g/mol. The minimum absolute atomic E-state index is 0.0238. The van der Waals surface area contributed by atoms with E-state index in [2.05, 4.69) is 13.8 Å². The molecule has 4 aliphatic rings. The van der Waals surface area contributed by atoms with Crippen LogP contribution in [-0.4, -0.2) is 39.3 Å². The van der Waals surface area contributed by atoms with Crippen molar-refractivity contribution in [2.75, 3.05) is 0 Å². The number of aliphatic hydroxyl groups excluding tert-OH is 2. The molecule has 5 nitrogen and oxygen atoms in total. The Kier molecular flexibility index (Phi) is 4.90. The fourth-order valence-electron chi connectivity index (χ4n) is 7.41. The van der Waals surface area contributed by atoms with E-state index in [4.69, 9.17) is 5.11 Å². The summed E-state index contributed by atoms with van der Waals surface area (Å²) in [4.78, 5) is 22.9. The van der Waals surface area contributed by atoms with Crippen LogP contribution in [0.2, 0.25) is 0 Å². The maximum Gasteiger partial charge on any atom is 0.327 e. The number of carboxylic acids is 1. The summed E-state index contributed by atoms with van der Waals surface area (Å²) in [5, 5.41) is 31.5. The molecule has 4 rings (SSSR count). The zero-order valence-electron chi connectivity index (χ0n) is 17.4. The molecule has 0 radical (unpaired) electrons. The quantitative estimate of drug-likeness (QED) is 0.633. The second-order valence-corrected chi connectivity index (χ2v) is 10.1. The predicted octanol–water partition coefficient (Wildman–Crippen LogP) is 3.13. The number of aliphatic hydroxyl groups is 2. The number of allylic oxidation sites excluding steroid dienone is 4. The summed E-state index contributed by atoms with van der Waals surface area (Å²) in [7, 11) is 0. The maximum absolute atomic E-state index is 11.9. The molecule has 158 valence electrons. The molecule has 0 aromatic rings. The third-order valence-electron chi connectivity index (χ3n) is 8.93. The third-order valence-corrected chi connectivity index (χ3v) is 8.93. The smallest absolute Gasteiger partial charge is 0.327 e. The van der Waals surface area contributed by atoms with E-state index < -0.39 is 18.2 Å². The zero-order valence-corrected chi connectivity index (χ0v) is 17.4. The highest BCUT2D eigenvalue weighted by Crippen LogP contribution is 2.66. The Bertz CT molecular complexity index is 810. The van der Waals surface area contributed by atoms with Crippen LogP contribution in [-0.2, 0) is 9.59 Å². The van der Waals surface area contributed by atoms with E-state index in [0.29, 0.717) is 12.8 Å². The highest BCUT2D eigenvalue weighted by atomic mass is 16.4. The van der Waals surface area contributed by atoms with Gasteiger partial charge in [-0.2, -0.15) is 0 Å². The third kappa shape index (κ3) is 2.97. The zero-order chi connectivity index (χ0) is 21.1. The number of rotatable bonds is 3. The second kappa shape index (κ2) is 6.92. The van der Waals surface area contributed by atoms with Gasteiger partial charge in [-0.05, 0) is 67.4 Å². The van der Waals surface area contributed by atoms with Gasteiger partial charge in [-0.1, -0.05) is 38.5 Å². The van der Waals surface area contributed by atoms with Gasteiger partial charge in [-0.25, -0.2) is 4.79 Å². The van der Waals surface area contributed by atoms with Crippen molar-refractivity contribution in [3.05, 3.63) is 36.0 Å². The molecule has 0 aliphatic heterocycles. The summed E-state index contributed by atoms with van der Waals surface area (Å²) in [6.45, 7) is 6.32. The average molecular weight is 401 g/mol. The number of ketones is 1. The Morgan fingerprint density at radius 2 is 1.97 bits per heavy atom. The fourth-order valence-corrected chi connectivity index (χ4v) is 7.41. The number of carbonyl (C=O) groups is 2. The molecule has 0 aromatic carbocycles. The van der Waals surface area contributed by atoms with Gasteiger partial charge in [0.1, 0.15) is 0 Å². The van der Waals surface area contributed by atoms with Crippen molar-refractivity contribution in [2.45, 2.75) is 58.7 Å². The molecule has 9 atom stereocenters. The van der Waals surface area contributed by atoms with Gasteiger partial charge in [0.2, 0.25) is 0 Å². The first-order chi connectivity index (χ1) is 13.6. The molecule has 0 amide bonds. The highest BCUT2D eigenvalue weighted by Gasteiger charge is 2.64. The molecule has 0 unspecified atom stereocenters. The van der Waals surface area contributed by atoms with Gasteiger partial charge in [0.15, 0.2) is 5.78 Å². The van der Waals surface area contributed by atoms with Crippen LogP contribution in [0.3, 0.4) is 0 Å². The number of hydrogen-bond acceptors (Lipinski definition) is 4. The van der Waals surface area contributed by atoms with Crippen molar-refractivity contribution < 1.29 is 24.9 Å². The maximum atomic E-state index is 11.9. The van der Waals surface area contributed by atoms with Crippen LogP contribution in [0.15, 0.2) is 36.0 Å². The molecule has 0 bridgehead atoms. The number of hydrogen-bond donors (Lipinski definition) is 3. The van der Waals surface area contributed by atoms with E-state index in [1.165, 1.54) is 6.08 Å². The number of aliphatic carboxylic acids is 1. The van der Waals surface area contributed by atoms with E-state index in [1.54, 1.807) is 18.2 Å². The number of fused-ring (bicyclic) bond motifs is 5. The second-order valence-electron chi connectivity index (χ2n) is 10.1. The first-order valence-electron chi connectivity index (χ1n) is 10.8. The van der Waals surface area contributed by atoms with Gasteiger partial charge >= 0.3 is 5.97 Å². The van der Waals surface area contributed by atoms with Crippen molar-refractivity contribution in [2.24, 2.45) is 40.4 Å². The van der Waals surface area contributed by atoms with Crippen LogP contribution in [0.25, 0.3) is 0 Å². The molecule has 29 heavy (non-hydrogen) atoms. The summed E-state index contributed by atoms with van der Waals surface area (Å²) < 4.78 is 0. The molecule has 3 saturated carbocycles. The van der Waals surface area contributed by atoms with Crippen LogP contribution in [0.4, 0.5) is 0 Å². The van der Waals surface area contributed by atoms with Crippen molar-refractivity contribution in [1.29, 1.82) is 0 Å². The molecule has 0 spiro atoms. The average Bonchev–Trinajstić information content (AvgIpc) is 3.01. The van der Waals surface area contributed by atoms with Gasteiger partial charge in [0, 0.05) is 16.9 Å². The van der Waals surface area contributed by atoms with Gasteiger partial charge < -0.3 is 15.3 Å². The van der Waals surface area contributed by atoms with Gasteiger partial charge in [-0.15, -0.1) is 0 Å². The lowest BCUT2D eigenvalue weighted by Crippen LogP contribution is -2.59. The minimum atomic E-state index is -0.950. The van der Waals surface area contributed by atoms with Crippen LogP contribution in [0.5, 0.6) is 0 Å². The van der Waals surface area contributed by atoms with Gasteiger partial charge in [-0.3, -0.25) is 4.79 Å². The first-order valence-corrected chi connectivity index (χ1v) is 10.8. The van der Waals surface area contributed by atoms with Crippen LogP contribution < -0.4 is 0 Å². The fraction of sp³-hybridized carbons (Fsp3) is 0.667. The van der Waals surface area contributed by atoms with Crippen LogP contribution >= 0.6 is 0 Å².